The Balaban J connectivity index is 1.85. The van der Waals surface area contributed by atoms with Gasteiger partial charge in [-0.3, -0.25) is 9.67 Å². The van der Waals surface area contributed by atoms with Gasteiger partial charge in [0, 0.05) is 29.7 Å². The molecule has 0 saturated carbocycles. The molecule has 2 heterocycles. The first-order chi connectivity index (χ1) is 9.74. The maximum absolute atomic E-state index is 4.54. The molecule has 0 aliphatic rings. The van der Waals surface area contributed by atoms with E-state index >= 15 is 0 Å². The molecule has 0 unspecified atom stereocenters. The van der Waals surface area contributed by atoms with Crippen LogP contribution in [0.4, 0.5) is 5.95 Å². The molecule has 0 radical (unpaired) electrons. The van der Waals surface area contributed by atoms with E-state index in [-0.39, 0.29) is 0 Å². The van der Waals surface area contributed by atoms with Gasteiger partial charge in [-0.15, -0.1) is 0 Å². The summed E-state index contributed by atoms with van der Waals surface area (Å²) in [6.45, 7) is 4.71. The van der Waals surface area contributed by atoms with Crippen LogP contribution in [0.5, 0.6) is 0 Å². The SMILES string of the molecule is Cc1cn(-c2ccccc2)c(NCc2cn[nH]c2C)n1. The van der Waals surface area contributed by atoms with Crippen LogP contribution < -0.4 is 5.32 Å². The van der Waals surface area contributed by atoms with Crippen LogP contribution in [0.3, 0.4) is 0 Å². The second-order valence-corrected chi connectivity index (χ2v) is 4.79. The van der Waals surface area contributed by atoms with E-state index in [2.05, 4.69) is 37.2 Å². The molecule has 3 rings (SSSR count). The van der Waals surface area contributed by atoms with E-state index in [1.165, 1.54) is 0 Å². The number of aromatic nitrogens is 4. The van der Waals surface area contributed by atoms with Crippen LogP contribution in [0, 0.1) is 13.8 Å². The highest BCUT2D eigenvalue weighted by Crippen LogP contribution is 2.17. The second kappa shape index (κ2) is 5.21. The van der Waals surface area contributed by atoms with Crippen molar-refractivity contribution < 1.29 is 0 Å². The van der Waals surface area contributed by atoms with Gasteiger partial charge in [0.05, 0.1) is 11.9 Å². The molecule has 3 aromatic rings. The molecule has 0 aliphatic heterocycles. The van der Waals surface area contributed by atoms with Gasteiger partial charge in [0.15, 0.2) is 0 Å². The summed E-state index contributed by atoms with van der Waals surface area (Å²) < 4.78 is 2.06. The fourth-order valence-corrected chi connectivity index (χ4v) is 2.14. The van der Waals surface area contributed by atoms with Crippen molar-refractivity contribution in [2.24, 2.45) is 0 Å². The zero-order chi connectivity index (χ0) is 13.9. The minimum atomic E-state index is 0.700. The third-order valence-electron chi connectivity index (χ3n) is 3.23. The molecule has 20 heavy (non-hydrogen) atoms. The van der Waals surface area contributed by atoms with Gasteiger partial charge in [-0.05, 0) is 26.0 Å². The molecule has 0 aliphatic carbocycles. The first-order valence-electron chi connectivity index (χ1n) is 6.58. The smallest absolute Gasteiger partial charge is 0.208 e. The summed E-state index contributed by atoms with van der Waals surface area (Å²) in [4.78, 5) is 4.54. The van der Waals surface area contributed by atoms with Gasteiger partial charge in [0.25, 0.3) is 0 Å². The first kappa shape index (κ1) is 12.5. The van der Waals surface area contributed by atoms with Crippen molar-refractivity contribution in [1.82, 2.24) is 19.7 Å². The van der Waals surface area contributed by atoms with Gasteiger partial charge in [0.1, 0.15) is 0 Å². The van der Waals surface area contributed by atoms with Crippen molar-refractivity contribution in [3.05, 3.63) is 59.7 Å². The fraction of sp³-hybridized carbons (Fsp3) is 0.200. The van der Waals surface area contributed by atoms with Crippen molar-refractivity contribution in [3.63, 3.8) is 0 Å². The summed E-state index contributed by atoms with van der Waals surface area (Å²) in [6.07, 6.45) is 3.87. The summed E-state index contributed by atoms with van der Waals surface area (Å²) in [5, 5.41) is 10.3. The van der Waals surface area contributed by atoms with E-state index in [1.807, 2.05) is 44.4 Å². The largest absolute Gasteiger partial charge is 0.351 e. The fourth-order valence-electron chi connectivity index (χ4n) is 2.14. The van der Waals surface area contributed by atoms with Gasteiger partial charge in [-0.1, -0.05) is 18.2 Å². The third-order valence-corrected chi connectivity index (χ3v) is 3.23. The van der Waals surface area contributed by atoms with E-state index < -0.39 is 0 Å². The minimum Gasteiger partial charge on any atom is -0.351 e. The van der Waals surface area contributed by atoms with Crippen LogP contribution >= 0.6 is 0 Å². The predicted molar refractivity (Wildman–Crippen MR) is 79.0 cm³/mol. The summed E-state index contributed by atoms with van der Waals surface area (Å²) in [5.74, 6) is 0.842. The monoisotopic (exact) mass is 267 g/mol. The predicted octanol–water partition coefficient (Wildman–Crippen LogP) is 2.82. The summed E-state index contributed by atoms with van der Waals surface area (Å²) in [6, 6.07) is 10.2. The molecule has 2 aromatic heterocycles. The van der Waals surface area contributed by atoms with Crippen LogP contribution in [0.1, 0.15) is 17.0 Å². The summed E-state index contributed by atoms with van der Waals surface area (Å²) in [7, 11) is 0. The highest BCUT2D eigenvalue weighted by Gasteiger charge is 2.08. The van der Waals surface area contributed by atoms with Crippen molar-refractivity contribution in [2.45, 2.75) is 20.4 Å². The number of anilines is 1. The molecule has 5 heteroatoms. The number of hydrogen-bond donors (Lipinski definition) is 2. The molecule has 0 fully saturated rings. The number of imidazole rings is 1. The lowest BCUT2D eigenvalue weighted by Crippen LogP contribution is -2.06. The zero-order valence-corrected chi connectivity index (χ0v) is 11.6. The number of H-pyrrole nitrogens is 1. The molecule has 0 spiro atoms. The second-order valence-electron chi connectivity index (χ2n) is 4.79. The average Bonchev–Trinajstić information content (AvgIpc) is 3.03. The van der Waals surface area contributed by atoms with Gasteiger partial charge in [-0.25, -0.2) is 4.98 Å². The highest BCUT2D eigenvalue weighted by molar-refractivity contribution is 5.43. The lowest BCUT2D eigenvalue weighted by Gasteiger charge is -2.09. The van der Waals surface area contributed by atoms with Gasteiger partial charge < -0.3 is 5.32 Å². The molecule has 0 amide bonds. The lowest BCUT2D eigenvalue weighted by atomic mass is 10.3. The quantitative estimate of drug-likeness (QED) is 0.764. The van der Waals surface area contributed by atoms with E-state index in [1.54, 1.807) is 0 Å². The van der Waals surface area contributed by atoms with Crippen molar-refractivity contribution in [3.8, 4) is 5.69 Å². The van der Waals surface area contributed by atoms with Crippen LogP contribution in [-0.2, 0) is 6.54 Å². The normalized spacial score (nSPS) is 10.7. The Kier molecular flexibility index (Phi) is 3.25. The number of para-hydroxylation sites is 1. The molecule has 102 valence electrons. The van der Waals surface area contributed by atoms with Crippen LogP contribution in [0.25, 0.3) is 5.69 Å². The number of hydrogen-bond acceptors (Lipinski definition) is 3. The number of aromatic amines is 1. The molecule has 1 aromatic carbocycles. The lowest BCUT2D eigenvalue weighted by molar-refractivity contribution is 0.995. The van der Waals surface area contributed by atoms with Crippen LogP contribution in [-0.4, -0.2) is 19.7 Å². The highest BCUT2D eigenvalue weighted by atomic mass is 15.2. The van der Waals surface area contributed by atoms with Crippen molar-refractivity contribution in [1.29, 1.82) is 0 Å². The minimum absolute atomic E-state index is 0.700. The molecular weight excluding hydrogens is 250 g/mol. The maximum atomic E-state index is 4.54. The Morgan fingerprint density at radius 3 is 2.70 bits per heavy atom. The zero-order valence-electron chi connectivity index (χ0n) is 11.6. The van der Waals surface area contributed by atoms with E-state index in [4.69, 9.17) is 0 Å². The molecule has 0 saturated heterocycles. The van der Waals surface area contributed by atoms with E-state index in [0.29, 0.717) is 6.54 Å². The van der Waals surface area contributed by atoms with Gasteiger partial charge in [0.2, 0.25) is 5.95 Å². The Labute approximate surface area is 117 Å². The topological polar surface area (TPSA) is 58.5 Å². The molecular formula is C15H17N5. The van der Waals surface area contributed by atoms with Crippen LogP contribution in [0.15, 0.2) is 42.7 Å². The van der Waals surface area contributed by atoms with Gasteiger partial charge >= 0.3 is 0 Å². The molecule has 0 bridgehead atoms. The summed E-state index contributed by atoms with van der Waals surface area (Å²) in [5.41, 5.74) is 4.30. The van der Waals surface area contributed by atoms with E-state index in [0.717, 1.165) is 28.6 Å². The summed E-state index contributed by atoms with van der Waals surface area (Å²) >= 11 is 0. The molecule has 2 N–H and O–H groups in total. The number of rotatable bonds is 4. The van der Waals surface area contributed by atoms with Crippen molar-refractivity contribution >= 4 is 5.95 Å². The van der Waals surface area contributed by atoms with Crippen LogP contribution in [0.2, 0.25) is 0 Å². The Hall–Kier alpha value is -2.56. The average molecular weight is 267 g/mol. The first-order valence-corrected chi connectivity index (χ1v) is 6.58. The number of benzene rings is 1. The molecule has 5 nitrogen and oxygen atoms in total. The standard InChI is InChI=1S/C15H17N5/c1-11-10-20(14-6-4-3-5-7-14)15(18-11)16-8-13-9-17-19-12(13)2/h3-7,9-10H,8H2,1-2H3,(H,16,18)(H,17,19). The van der Waals surface area contributed by atoms with Gasteiger partial charge in [-0.2, -0.15) is 5.10 Å². The number of nitrogens with one attached hydrogen (secondary N) is 2. The Bertz CT molecular complexity index is 696. The number of nitrogens with zero attached hydrogens (tertiary/aromatic N) is 3. The maximum Gasteiger partial charge on any atom is 0.208 e. The Morgan fingerprint density at radius 2 is 2.00 bits per heavy atom. The Morgan fingerprint density at radius 1 is 1.20 bits per heavy atom. The number of aryl methyl sites for hydroxylation is 2. The van der Waals surface area contributed by atoms with E-state index in [9.17, 15) is 0 Å². The molecule has 0 atom stereocenters. The third kappa shape index (κ3) is 2.42. The van der Waals surface area contributed by atoms with Crippen molar-refractivity contribution in [2.75, 3.05) is 5.32 Å².